The van der Waals surface area contributed by atoms with Gasteiger partial charge in [-0.15, -0.1) is 0 Å². The highest BCUT2D eigenvalue weighted by Gasteiger charge is 2.30. The Morgan fingerprint density at radius 3 is 2.75 bits per heavy atom. The second-order valence-electron chi connectivity index (χ2n) is 4.54. The summed E-state index contributed by atoms with van der Waals surface area (Å²) in [4.78, 5) is 20.1. The molecule has 0 atom stereocenters. The topological polar surface area (TPSA) is 64.1 Å². The molecular weight excluding hydrogens is 343 g/mol. The first-order valence-corrected chi connectivity index (χ1v) is 8.10. The maximum absolute atomic E-state index is 12.8. The van der Waals surface area contributed by atoms with Crippen molar-refractivity contribution in [1.82, 2.24) is 9.97 Å². The Morgan fingerprint density at radius 2 is 2.12 bits per heavy atom. The third kappa shape index (κ3) is 4.38. The van der Waals surface area contributed by atoms with Gasteiger partial charge in [-0.2, -0.15) is 13.2 Å². The molecule has 1 aromatic carbocycles. The zero-order valence-corrected chi connectivity index (χ0v) is 13.7. The molecule has 0 spiro atoms. The molecule has 24 heavy (non-hydrogen) atoms. The number of rotatable bonds is 5. The number of hydrogen-bond donors (Lipinski definition) is 1. The van der Waals surface area contributed by atoms with Crippen molar-refractivity contribution in [1.29, 1.82) is 0 Å². The van der Waals surface area contributed by atoms with Crippen LogP contribution < -0.4 is 5.32 Å². The lowest BCUT2D eigenvalue weighted by atomic mass is 10.2. The molecule has 0 aliphatic heterocycles. The van der Waals surface area contributed by atoms with E-state index < -0.39 is 17.7 Å². The molecule has 0 aliphatic rings. The summed E-state index contributed by atoms with van der Waals surface area (Å²) >= 11 is 1.24. The van der Waals surface area contributed by atoms with E-state index in [0.29, 0.717) is 5.16 Å². The molecule has 0 radical (unpaired) electrons. The normalized spacial score (nSPS) is 11.2. The van der Waals surface area contributed by atoms with E-state index in [-0.39, 0.29) is 23.7 Å². The van der Waals surface area contributed by atoms with E-state index in [2.05, 4.69) is 15.3 Å². The summed E-state index contributed by atoms with van der Waals surface area (Å²) in [5.74, 6) is -0.563. The van der Waals surface area contributed by atoms with Gasteiger partial charge < -0.3 is 10.1 Å². The molecule has 0 saturated carbocycles. The number of aromatic nitrogens is 2. The number of nitrogens with one attached hydrogen (secondary N) is 1. The van der Waals surface area contributed by atoms with E-state index in [9.17, 15) is 18.0 Å². The first-order chi connectivity index (χ1) is 11.3. The molecule has 0 unspecified atom stereocenters. The van der Waals surface area contributed by atoms with Crippen molar-refractivity contribution in [3.05, 3.63) is 41.6 Å². The largest absolute Gasteiger partial charge is 0.462 e. The number of esters is 1. The SMILES string of the molecule is CCOC(=O)c1cnc(SC)nc1Nc1cccc(C(F)(F)F)c1. The molecule has 9 heteroatoms. The number of carbonyl (C=O) groups excluding carboxylic acids is 1. The molecule has 5 nitrogen and oxygen atoms in total. The van der Waals surface area contributed by atoms with Crippen molar-refractivity contribution < 1.29 is 22.7 Å². The van der Waals surface area contributed by atoms with Crippen LogP contribution in [0.1, 0.15) is 22.8 Å². The summed E-state index contributed by atoms with van der Waals surface area (Å²) in [5, 5.41) is 3.11. The van der Waals surface area contributed by atoms with Gasteiger partial charge in [-0.3, -0.25) is 0 Å². The molecule has 1 aromatic heterocycles. The molecule has 0 saturated heterocycles. The van der Waals surface area contributed by atoms with Gasteiger partial charge in [0.25, 0.3) is 0 Å². The standard InChI is InChI=1S/C15H14F3N3O2S/c1-3-23-13(22)11-8-19-14(24-2)21-12(11)20-10-6-4-5-9(7-10)15(16,17)18/h4-8H,3H2,1-2H3,(H,19,20,21). The molecule has 2 aromatic rings. The highest BCUT2D eigenvalue weighted by Crippen LogP contribution is 2.31. The van der Waals surface area contributed by atoms with Crippen LogP contribution in [0.3, 0.4) is 0 Å². The minimum Gasteiger partial charge on any atom is -0.462 e. The van der Waals surface area contributed by atoms with E-state index in [1.807, 2.05) is 0 Å². The zero-order valence-electron chi connectivity index (χ0n) is 12.8. The van der Waals surface area contributed by atoms with Crippen LogP contribution in [0, 0.1) is 0 Å². The van der Waals surface area contributed by atoms with E-state index >= 15 is 0 Å². The fourth-order valence-electron chi connectivity index (χ4n) is 1.83. The average molecular weight is 357 g/mol. The second-order valence-corrected chi connectivity index (χ2v) is 5.32. The summed E-state index contributed by atoms with van der Waals surface area (Å²) in [6.07, 6.45) is -1.43. The number of halogens is 3. The van der Waals surface area contributed by atoms with Crippen molar-refractivity contribution in [2.45, 2.75) is 18.3 Å². The van der Waals surface area contributed by atoms with E-state index in [4.69, 9.17) is 4.74 Å². The Balaban J connectivity index is 2.39. The van der Waals surface area contributed by atoms with Crippen LogP contribution in [0.5, 0.6) is 0 Å². The van der Waals surface area contributed by atoms with Crippen LogP contribution in [-0.2, 0) is 10.9 Å². The van der Waals surface area contributed by atoms with E-state index in [0.717, 1.165) is 12.1 Å². The number of hydrogen-bond acceptors (Lipinski definition) is 6. The summed E-state index contributed by atoms with van der Waals surface area (Å²) in [7, 11) is 0. The van der Waals surface area contributed by atoms with Crippen LogP contribution in [-0.4, -0.2) is 28.8 Å². The molecule has 1 heterocycles. The maximum Gasteiger partial charge on any atom is 0.416 e. The minimum absolute atomic E-state index is 0.0482. The van der Waals surface area contributed by atoms with Crippen LogP contribution in [0.2, 0.25) is 0 Å². The lowest BCUT2D eigenvalue weighted by molar-refractivity contribution is -0.137. The number of carbonyl (C=O) groups is 1. The Morgan fingerprint density at radius 1 is 1.38 bits per heavy atom. The van der Waals surface area contributed by atoms with E-state index in [1.165, 1.54) is 30.1 Å². The van der Waals surface area contributed by atoms with Gasteiger partial charge >= 0.3 is 12.1 Å². The fourth-order valence-corrected chi connectivity index (χ4v) is 2.17. The molecule has 128 valence electrons. The van der Waals surface area contributed by atoms with Gasteiger partial charge in [0.2, 0.25) is 0 Å². The van der Waals surface area contributed by atoms with Gasteiger partial charge in [0, 0.05) is 11.9 Å². The van der Waals surface area contributed by atoms with Crippen molar-refractivity contribution >= 4 is 29.2 Å². The lowest BCUT2D eigenvalue weighted by Gasteiger charge is -2.13. The van der Waals surface area contributed by atoms with Gasteiger partial charge in [-0.25, -0.2) is 14.8 Å². The first kappa shape index (κ1) is 18.1. The second kappa shape index (κ2) is 7.52. The highest BCUT2D eigenvalue weighted by atomic mass is 32.2. The van der Waals surface area contributed by atoms with Gasteiger partial charge in [0.15, 0.2) is 5.16 Å². The Kier molecular flexibility index (Phi) is 5.66. The summed E-state index contributed by atoms with van der Waals surface area (Å²) in [6, 6.07) is 4.62. The molecule has 1 N–H and O–H groups in total. The Bertz CT molecular complexity index is 738. The minimum atomic E-state index is -4.46. The molecular formula is C15H14F3N3O2S. The lowest BCUT2D eigenvalue weighted by Crippen LogP contribution is -2.11. The monoisotopic (exact) mass is 357 g/mol. The zero-order chi connectivity index (χ0) is 17.7. The predicted molar refractivity (Wildman–Crippen MR) is 84.5 cm³/mol. The van der Waals surface area contributed by atoms with Crippen molar-refractivity contribution in [3.8, 4) is 0 Å². The van der Waals surface area contributed by atoms with Crippen molar-refractivity contribution in [3.63, 3.8) is 0 Å². The van der Waals surface area contributed by atoms with Gasteiger partial charge in [0.05, 0.1) is 12.2 Å². The van der Waals surface area contributed by atoms with Crippen molar-refractivity contribution in [2.75, 3.05) is 18.2 Å². The maximum atomic E-state index is 12.8. The number of anilines is 2. The summed E-state index contributed by atoms with van der Waals surface area (Å²) in [5.41, 5.74) is -0.600. The third-order valence-corrected chi connectivity index (χ3v) is 3.46. The number of alkyl halides is 3. The molecule has 0 fully saturated rings. The predicted octanol–water partition coefficient (Wildman–Crippen LogP) is 4.14. The summed E-state index contributed by atoms with van der Waals surface area (Å²) in [6.45, 7) is 1.81. The molecule has 0 amide bonds. The van der Waals surface area contributed by atoms with Crippen LogP contribution >= 0.6 is 11.8 Å². The Labute approximate surface area is 140 Å². The molecule has 0 bridgehead atoms. The third-order valence-electron chi connectivity index (χ3n) is 2.90. The first-order valence-electron chi connectivity index (χ1n) is 6.87. The van der Waals surface area contributed by atoms with Gasteiger partial charge in [-0.1, -0.05) is 17.8 Å². The average Bonchev–Trinajstić information content (AvgIpc) is 2.54. The van der Waals surface area contributed by atoms with Gasteiger partial charge in [-0.05, 0) is 31.4 Å². The highest BCUT2D eigenvalue weighted by molar-refractivity contribution is 7.98. The molecule has 2 rings (SSSR count). The fraction of sp³-hybridized carbons (Fsp3) is 0.267. The number of ether oxygens (including phenoxy) is 1. The number of benzene rings is 1. The summed E-state index contributed by atoms with van der Waals surface area (Å²) < 4.78 is 43.3. The number of nitrogens with zero attached hydrogens (tertiary/aromatic N) is 2. The quantitative estimate of drug-likeness (QED) is 0.493. The van der Waals surface area contributed by atoms with Gasteiger partial charge in [0.1, 0.15) is 11.4 Å². The Hall–Kier alpha value is -2.29. The smallest absolute Gasteiger partial charge is 0.416 e. The van der Waals surface area contributed by atoms with Crippen LogP contribution in [0.15, 0.2) is 35.6 Å². The van der Waals surface area contributed by atoms with Crippen molar-refractivity contribution in [2.24, 2.45) is 0 Å². The molecule has 0 aliphatic carbocycles. The van der Waals surface area contributed by atoms with Crippen LogP contribution in [0.4, 0.5) is 24.7 Å². The van der Waals surface area contributed by atoms with E-state index in [1.54, 1.807) is 13.2 Å². The number of thioether (sulfide) groups is 1. The van der Waals surface area contributed by atoms with Crippen LogP contribution in [0.25, 0.3) is 0 Å².